The van der Waals surface area contributed by atoms with Crippen molar-refractivity contribution >= 4 is 67.2 Å². The van der Waals surface area contributed by atoms with Crippen molar-refractivity contribution in [2.75, 3.05) is 5.32 Å². The summed E-state index contributed by atoms with van der Waals surface area (Å²) in [7, 11) is 0. The Kier molecular flexibility index (Phi) is 4.95. The van der Waals surface area contributed by atoms with Crippen LogP contribution in [0, 0.1) is 0 Å². The molecule has 168 valence electrons. The molecule has 8 heteroatoms. The van der Waals surface area contributed by atoms with Crippen molar-refractivity contribution in [1.82, 2.24) is 24.7 Å². The molecule has 0 saturated heterocycles. The van der Waals surface area contributed by atoms with E-state index in [1.165, 1.54) is 22.7 Å². The van der Waals surface area contributed by atoms with Gasteiger partial charge in [0, 0.05) is 44.9 Å². The molecule has 0 aliphatic heterocycles. The van der Waals surface area contributed by atoms with Crippen LogP contribution in [-0.2, 0) is 11.3 Å². The van der Waals surface area contributed by atoms with Crippen molar-refractivity contribution < 1.29 is 4.79 Å². The number of hydrogen-bond donors (Lipinski definition) is 2. The molecular weight excluding hydrogens is 444 g/mol. The molecule has 0 radical (unpaired) electrons. The van der Waals surface area contributed by atoms with Gasteiger partial charge in [-0.25, -0.2) is 4.98 Å². The van der Waals surface area contributed by atoms with E-state index in [1.807, 2.05) is 49.4 Å². The Morgan fingerprint density at radius 3 is 2.62 bits per heavy atom. The van der Waals surface area contributed by atoms with Crippen LogP contribution in [0.1, 0.15) is 13.8 Å². The topological polar surface area (TPSA) is 88.5 Å². The van der Waals surface area contributed by atoms with Crippen molar-refractivity contribution in [2.24, 2.45) is 0 Å². The molecule has 0 spiro atoms. The molecule has 34 heavy (non-hydrogen) atoms. The second-order valence-electron chi connectivity index (χ2n) is 8.20. The highest BCUT2D eigenvalue weighted by molar-refractivity contribution is 8.00. The number of nitrogens with zero attached hydrogens (tertiary/aromatic N) is 4. The summed E-state index contributed by atoms with van der Waals surface area (Å²) >= 11 is 1.29. The summed E-state index contributed by atoms with van der Waals surface area (Å²) in [6.45, 7) is 4.88. The summed E-state index contributed by atoms with van der Waals surface area (Å²) in [5.74, 6) is -0.107. The van der Waals surface area contributed by atoms with Gasteiger partial charge in [-0.15, -0.1) is 10.2 Å². The molecule has 0 aliphatic rings. The molecule has 0 saturated carbocycles. The number of aromatic nitrogens is 5. The average molecular weight is 467 g/mol. The molecule has 3 aromatic carbocycles. The van der Waals surface area contributed by atoms with Gasteiger partial charge in [0.25, 0.3) is 0 Å². The number of thioether (sulfide) groups is 1. The van der Waals surface area contributed by atoms with Crippen LogP contribution >= 0.6 is 11.8 Å². The summed E-state index contributed by atoms with van der Waals surface area (Å²) in [6.07, 6.45) is 0. The zero-order valence-electron chi connectivity index (χ0n) is 18.7. The van der Waals surface area contributed by atoms with E-state index < -0.39 is 5.25 Å². The second kappa shape index (κ2) is 8.14. The molecule has 7 nitrogen and oxygen atoms in total. The van der Waals surface area contributed by atoms with Crippen LogP contribution in [0.5, 0.6) is 0 Å². The lowest BCUT2D eigenvalue weighted by Crippen LogP contribution is -2.22. The summed E-state index contributed by atoms with van der Waals surface area (Å²) in [5, 5.41) is 15.0. The van der Waals surface area contributed by atoms with E-state index in [0.717, 1.165) is 39.6 Å². The average Bonchev–Trinajstić information content (AvgIpc) is 3.38. The lowest BCUT2D eigenvalue weighted by atomic mass is 10.1. The molecule has 1 amide bonds. The SMILES string of the molecule is CCn1c2ccccc2c2cc(NC(=O)C(C)Sc3nnc4c(n3)[nH]c3ccccc34)ccc21. The third kappa shape index (κ3) is 3.38. The summed E-state index contributed by atoms with van der Waals surface area (Å²) < 4.78 is 2.29. The summed E-state index contributed by atoms with van der Waals surface area (Å²) in [5.41, 5.74) is 5.50. The normalized spacial score (nSPS) is 12.6. The van der Waals surface area contributed by atoms with Crippen LogP contribution in [0.3, 0.4) is 0 Å². The maximum Gasteiger partial charge on any atom is 0.237 e. The third-order valence-corrected chi connectivity index (χ3v) is 7.06. The van der Waals surface area contributed by atoms with E-state index in [4.69, 9.17) is 0 Å². The number of hydrogen-bond acceptors (Lipinski definition) is 5. The Hall–Kier alpha value is -3.91. The molecule has 0 fully saturated rings. The molecule has 0 aliphatic carbocycles. The second-order valence-corrected chi connectivity index (χ2v) is 9.51. The van der Waals surface area contributed by atoms with Gasteiger partial charge in [-0.1, -0.05) is 48.2 Å². The van der Waals surface area contributed by atoms with Gasteiger partial charge in [-0.3, -0.25) is 4.79 Å². The van der Waals surface area contributed by atoms with Crippen LogP contribution in [-0.4, -0.2) is 35.9 Å². The smallest absolute Gasteiger partial charge is 0.237 e. The molecular formula is C26H22N6OS. The van der Waals surface area contributed by atoms with Gasteiger partial charge in [0.2, 0.25) is 11.1 Å². The molecule has 2 N–H and O–H groups in total. The number of aromatic amines is 1. The number of benzene rings is 3. The quantitative estimate of drug-likeness (QED) is 0.316. The minimum atomic E-state index is -0.392. The van der Waals surface area contributed by atoms with Crippen LogP contribution in [0.2, 0.25) is 0 Å². The van der Waals surface area contributed by atoms with Gasteiger partial charge in [-0.2, -0.15) is 0 Å². The van der Waals surface area contributed by atoms with Gasteiger partial charge in [0.1, 0.15) is 5.52 Å². The first-order valence-electron chi connectivity index (χ1n) is 11.2. The highest BCUT2D eigenvalue weighted by atomic mass is 32.2. The molecule has 6 rings (SSSR count). The lowest BCUT2D eigenvalue weighted by Gasteiger charge is -2.11. The van der Waals surface area contributed by atoms with Crippen LogP contribution < -0.4 is 5.32 Å². The van der Waals surface area contributed by atoms with Crippen LogP contribution in [0.15, 0.2) is 71.9 Å². The Morgan fingerprint density at radius 1 is 1.00 bits per heavy atom. The molecule has 3 heterocycles. The van der Waals surface area contributed by atoms with E-state index in [2.05, 4.69) is 61.2 Å². The van der Waals surface area contributed by atoms with Crippen LogP contribution in [0.25, 0.3) is 43.9 Å². The van der Waals surface area contributed by atoms with E-state index in [9.17, 15) is 4.79 Å². The van der Waals surface area contributed by atoms with Crippen molar-refractivity contribution in [3.8, 4) is 0 Å². The number of carbonyl (C=O) groups excluding carboxylic acids is 1. The Labute approximate surface area is 199 Å². The maximum absolute atomic E-state index is 13.0. The highest BCUT2D eigenvalue weighted by Gasteiger charge is 2.19. The molecule has 1 atom stereocenters. The molecule has 3 aromatic heterocycles. The monoisotopic (exact) mass is 466 g/mol. The summed E-state index contributed by atoms with van der Waals surface area (Å²) in [4.78, 5) is 20.8. The number of para-hydroxylation sites is 2. The summed E-state index contributed by atoms with van der Waals surface area (Å²) in [6, 6.07) is 22.3. The van der Waals surface area contributed by atoms with E-state index in [0.29, 0.717) is 10.8 Å². The zero-order chi connectivity index (χ0) is 23.2. The highest BCUT2D eigenvalue weighted by Crippen LogP contribution is 2.31. The Morgan fingerprint density at radius 2 is 1.76 bits per heavy atom. The van der Waals surface area contributed by atoms with E-state index in [1.54, 1.807) is 0 Å². The molecule has 1 unspecified atom stereocenters. The molecule has 6 aromatic rings. The predicted octanol–water partition coefficient (Wildman–Crippen LogP) is 5.75. The number of H-pyrrole nitrogens is 1. The van der Waals surface area contributed by atoms with E-state index >= 15 is 0 Å². The van der Waals surface area contributed by atoms with Crippen molar-refractivity contribution in [3.05, 3.63) is 66.7 Å². The van der Waals surface area contributed by atoms with Crippen LogP contribution in [0.4, 0.5) is 5.69 Å². The van der Waals surface area contributed by atoms with Gasteiger partial charge < -0.3 is 14.9 Å². The number of nitrogens with one attached hydrogen (secondary N) is 2. The van der Waals surface area contributed by atoms with Crippen molar-refractivity contribution in [1.29, 1.82) is 0 Å². The number of rotatable bonds is 5. The number of aryl methyl sites for hydroxylation is 1. The Balaban J connectivity index is 1.24. The fourth-order valence-electron chi connectivity index (χ4n) is 4.48. The Bertz CT molecular complexity index is 1700. The van der Waals surface area contributed by atoms with Gasteiger partial charge in [0.15, 0.2) is 5.65 Å². The minimum absolute atomic E-state index is 0.107. The standard InChI is InChI=1S/C26H22N6OS/c1-3-32-21-11-7-5-8-17(21)19-14-16(12-13-22(19)32)27-25(33)15(2)34-26-29-24-23(30-31-26)18-9-4-6-10-20(18)28-24/h4-15H,3H2,1-2H3,(H,27,33)(H,28,29,31). The lowest BCUT2D eigenvalue weighted by molar-refractivity contribution is -0.115. The van der Waals surface area contributed by atoms with E-state index in [-0.39, 0.29) is 5.91 Å². The largest absolute Gasteiger partial charge is 0.341 e. The molecule has 0 bridgehead atoms. The fourth-order valence-corrected chi connectivity index (χ4v) is 5.20. The fraction of sp³-hybridized carbons (Fsp3) is 0.154. The van der Waals surface area contributed by atoms with Crippen molar-refractivity contribution in [3.63, 3.8) is 0 Å². The first kappa shape index (κ1) is 20.7. The van der Waals surface area contributed by atoms with Gasteiger partial charge >= 0.3 is 0 Å². The predicted molar refractivity (Wildman–Crippen MR) is 138 cm³/mol. The number of carbonyl (C=O) groups is 1. The van der Waals surface area contributed by atoms with Crippen molar-refractivity contribution in [2.45, 2.75) is 30.8 Å². The third-order valence-electron chi connectivity index (χ3n) is 6.11. The number of amides is 1. The maximum atomic E-state index is 13.0. The number of anilines is 1. The minimum Gasteiger partial charge on any atom is -0.341 e. The van der Waals surface area contributed by atoms with Gasteiger partial charge in [-0.05, 0) is 44.2 Å². The zero-order valence-corrected chi connectivity index (χ0v) is 19.6. The first-order chi connectivity index (χ1) is 16.6. The first-order valence-corrected chi connectivity index (χ1v) is 12.1. The van der Waals surface area contributed by atoms with Gasteiger partial charge in [0.05, 0.1) is 5.25 Å². The number of fused-ring (bicyclic) bond motifs is 6.